The average molecular weight is 439 g/mol. The van der Waals surface area contributed by atoms with Gasteiger partial charge in [0.15, 0.2) is 0 Å². The van der Waals surface area contributed by atoms with Gasteiger partial charge in [0, 0.05) is 6.42 Å². The van der Waals surface area contributed by atoms with Crippen LogP contribution in [0.5, 0.6) is 0 Å². The summed E-state index contributed by atoms with van der Waals surface area (Å²) in [5, 5.41) is 31.1. The summed E-state index contributed by atoms with van der Waals surface area (Å²) in [6.07, 6.45) is 4.60. The third-order valence-electron chi connectivity index (χ3n) is 11.0. The molecule has 4 nitrogen and oxygen atoms in total. The lowest BCUT2D eigenvalue weighted by atomic mass is 9.41. The Labute approximate surface area is 187 Å². The molecule has 0 radical (unpaired) electrons. The summed E-state index contributed by atoms with van der Waals surface area (Å²) in [7, 11) is 0. The van der Waals surface area contributed by atoms with Crippen molar-refractivity contribution in [3.05, 3.63) is 0 Å². The molecule has 0 amide bonds. The summed E-state index contributed by atoms with van der Waals surface area (Å²) in [6.45, 7) is 9.00. The molecule has 0 heterocycles. The van der Waals surface area contributed by atoms with Crippen LogP contribution in [0.15, 0.2) is 0 Å². The molecule has 178 valence electrons. The molecule has 12 atom stereocenters. The minimum absolute atomic E-state index is 0.124. The van der Waals surface area contributed by atoms with Crippen molar-refractivity contribution in [3.63, 3.8) is 0 Å². The lowest BCUT2D eigenvalue weighted by Crippen LogP contribution is -2.63. The Morgan fingerprint density at radius 1 is 1.10 bits per heavy atom. The summed E-state index contributed by atoms with van der Waals surface area (Å²) in [6, 6.07) is 0. The first-order valence-corrected chi connectivity index (χ1v) is 12.8. The van der Waals surface area contributed by atoms with Crippen molar-refractivity contribution in [2.75, 3.05) is 0 Å². The van der Waals surface area contributed by atoms with Gasteiger partial charge in [0.2, 0.25) is 0 Å². The number of alkyl halides is 1. The van der Waals surface area contributed by atoms with E-state index in [0.29, 0.717) is 36.5 Å². The quantitative estimate of drug-likeness (QED) is 0.560. The molecular formula is C26H43FO4. The highest BCUT2D eigenvalue weighted by atomic mass is 19.1. The van der Waals surface area contributed by atoms with Crippen LogP contribution in [0.1, 0.15) is 85.5 Å². The van der Waals surface area contributed by atoms with Crippen LogP contribution in [-0.2, 0) is 4.79 Å². The van der Waals surface area contributed by atoms with Gasteiger partial charge in [-0.3, -0.25) is 4.79 Å². The van der Waals surface area contributed by atoms with Crippen molar-refractivity contribution in [2.45, 2.75) is 104 Å². The number of carboxylic acid groups (broad SMARTS) is 1. The number of halogens is 1. The van der Waals surface area contributed by atoms with Crippen molar-refractivity contribution in [2.24, 2.45) is 52.3 Å². The van der Waals surface area contributed by atoms with Gasteiger partial charge in [-0.05, 0) is 97.2 Å². The van der Waals surface area contributed by atoms with Crippen molar-refractivity contribution in [3.8, 4) is 0 Å². The number of hydrogen-bond donors (Lipinski definition) is 3. The fourth-order valence-corrected chi connectivity index (χ4v) is 9.49. The number of hydrogen-bond acceptors (Lipinski definition) is 3. The summed E-state index contributed by atoms with van der Waals surface area (Å²) in [5.41, 5.74) is -0.0254. The minimum atomic E-state index is -1.16. The zero-order valence-corrected chi connectivity index (χ0v) is 19.8. The molecule has 0 spiro atoms. The Morgan fingerprint density at radius 2 is 1.77 bits per heavy atom. The molecule has 31 heavy (non-hydrogen) atoms. The molecule has 3 unspecified atom stereocenters. The van der Waals surface area contributed by atoms with Gasteiger partial charge in [0.1, 0.15) is 6.17 Å². The number of aliphatic carboxylic acids is 1. The molecule has 4 saturated carbocycles. The summed E-state index contributed by atoms with van der Waals surface area (Å²) < 4.78 is 14.8. The van der Waals surface area contributed by atoms with E-state index < -0.39 is 18.2 Å². The zero-order valence-electron chi connectivity index (χ0n) is 19.8. The van der Waals surface area contributed by atoms with Crippen LogP contribution >= 0.6 is 0 Å². The second kappa shape index (κ2) is 8.27. The topological polar surface area (TPSA) is 77.8 Å². The number of fused-ring (bicyclic) bond motifs is 5. The second-order valence-corrected chi connectivity index (χ2v) is 12.1. The van der Waals surface area contributed by atoms with Crippen LogP contribution < -0.4 is 0 Å². The number of aliphatic hydroxyl groups is 2. The number of rotatable bonds is 5. The van der Waals surface area contributed by atoms with E-state index in [1.54, 1.807) is 0 Å². The molecule has 4 fully saturated rings. The van der Waals surface area contributed by atoms with Gasteiger partial charge in [0.05, 0.1) is 12.2 Å². The van der Waals surface area contributed by atoms with Crippen LogP contribution in [0.25, 0.3) is 0 Å². The van der Waals surface area contributed by atoms with Crippen molar-refractivity contribution < 1.29 is 24.5 Å². The van der Waals surface area contributed by atoms with Gasteiger partial charge in [-0.1, -0.05) is 34.1 Å². The molecule has 0 bridgehead atoms. The maximum atomic E-state index is 14.8. The van der Waals surface area contributed by atoms with E-state index >= 15 is 0 Å². The van der Waals surface area contributed by atoms with Crippen LogP contribution in [0, 0.1) is 52.3 Å². The molecule has 4 aliphatic carbocycles. The Bertz CT molecular complexity index is 684. The van der Waals surface area contributed by atoms with Crippen LogP contribution in [0.3, 0.4) is 0 Å². The minimum Gasteiger partial charge on any atom is -0.481 e. The second-order valence-electron chi connectivity index (χ2n) is 12.1. The van der Waals surface area contributed by atoms with Gasteiger partial charge in [-0.2, -0.15) is 0 Å². The van der Waals surface area contributed by atoms with Gasteiger partial charge in [-0.25, -0.2) is 4.39 Å². The standard InChI is InChI=1S/C26H43FO4/c1-5-15-19-12-21(28)20(27)13-26(19,4)18-10-11-25(3)16(14(2)6-9-22(29)30)7-8-17(25)23(18)24(15)31/h14-21,23-24,28,31H,5-13H2,1-4H3,(H,29,30)/t14-,15-,16-,17?,18?,19+,20+,21+,23?,24-,25-,26-/m1/s1. The van der Waals surface area contributed by atoms with Crippen LogP contribution in [-0.4, -0.2) is 39.7 Å². The van der Waals surface area contributed by atoms with Gasteiger partial charge >= 0.3 is 5.97 Å². The van der Waals surface area contributed by atoms with Crippen molar-refractivity contribution >= 4 is 5.97 Å². The SMILES string of the molecule is CC[C@H]1[C@@H](O)C2C3CC[C@H]([C@H](C)CCC(=O)O)[C@@]3(C)CCC2[C@@]2(C)C[C@H](F)[C@@H](O)C[C@@H]12. The smallest absolute Gasteiger partial charge is 0.303 e. The summed E-state index contributed by atoms with van der Waals surface area (Å²) >= 11 is 0. The number of aliphatic hydroxyl groups excluding tert-OH is 2. The molecule has 5 heteroatoms. The molecule has 0 aliphatic heterocycles. The zero-order chi connectivity index (χ0) is 22.7. The first kappa shape index (κ1) is 23.5. The van der Waals surface area contributed by atoms with Crippen molar-refractivity contribution in [1.82, 2.24) is 0 Å². The third-order valence-corrected chi connectivity index (χ3v) is 11.0. The highest BCUT2D eigenvalue weighted by Gasteiger charge is 2.65. The van der Waals surface area contributed by atoms with E-state index in [0.717, 1.165) is 38.5 Å². The highest BCUT2D eigenvalue weighted by Crippen LogP contribution is 2.69. The Hall–Kier alpha value is -0.680. The molecule has 0 aromatic heterocycles. The molecule has 4 aliphatic rings. The fourth-order valence-electron chi connectivity index (χ4n) is 9.49. The Morgan fingerprint density at radius 3 is 2.42 bits per heavy atom. The Balaban J connectivity index is 1.63. The summed E-state index contributed by atoms with van der Waals surface area (Å²) in [5.74, 6) is 1.40. The van der Waals surface area contributed by atoms with E-state index in [1.807, 2.05) is 0 Å². The first-order chi connectivity index (χ1) is 14.5. The monoisotopic (exact) mass is 438 g/mol. The van der Waals surface area contributed by atoms with Crippen LogP contribution in [0.2, 0.25) is 0 Å². The molecule has 3 N–H and O–H groups in total. The van der Waals surface area contributed by atoms with Gasteiger partial charge < -0.3 is 15.3 Å². The van der Waals surface area contributed by atoms with E-state index in [4.69, 9.17) is 5.11 Å². The van der Waals surface area contributed by atoms with Gasteiger partial charge in [-0.15, -0.1) is 0 Å². The predicted molar refractivity (Wildman–Crippen MR) is 118 cm³/mol. The average Bonchev–Trinajstić information content (AvgIpc) is 3.06. The van der Waals surface area contributed by atoms with E-state index in [1.165, 1.54) is 0 Å². The molecule has 0 aromatic rings. The highest BCUT2D eigenvalue weighted by molar-refractivity contribution is 5.66. The number of carbonyl (C=O) groups is 1. The first-order valence-electron chi connectivity index (χ1n) is 12.8. The summed E-state index contributed by atoms with van der Waals surface area (Å²) in [4.78, 5) is 11.1. The largest absolute Gasteiger partial charge is 0.481 e. The van der Waals surface area contributed by atoms with E-state index in [9.17, 15) is 19.4 Å². The molecule has 0 aromatic carbocycles. The maximum absolute atomic E-state index is 14.8. The van der Waals surface area contributed by atoms with E-state index in [2.05, 4.69) is 27.7 Å². The lowest BCUT2D eigenvalue weighted by Gasteiger charge is -2.65. The normalized spacial score (nSPS) is 52.7. The van der Waals surface area contributed by atoms with E-state index in [-0.39, 0.29) is 41.1 Å². The van der Waals surface area contributed by atoms with Crippen LogP contribution in [0.4, 0.5) is 4.39 Å². The molecule has 4 rings (SSSR count). The number of carboxylic acids is 1. The molecule has 0 saturated heterocycles. The third kappa shape index (κ3) is 3.57. The predicted octanol–water partition coefficient (Wildman–Crippen LogP) is 5.06. The van der Waals surface area contributed by atoms with Crippen molar-refractivity contribution in [1.29, 1.82) is 0 Å². The van der Waals surface area contributed by atoms with Gasteiger partial charge in [0.25, 0.3) is 0 Å². The fraction of sp³-hybridized carbons (Fsp3) is 0.962. The molecular weight excluding hydrogens is 395 g/mol. The lowest BCUT2D eigenvalue weighted by molar-refractivity contribution is -0.213. The maximum Gasteiger partial charge on any atom is 0.303 e. The Kier molecular flexibility index (Phi) is 6.26.